The van der Waals surface area contributed by atoms with Crippen LogP contribution < -0.4 is 9.47 Å². The molecule has 0 aliphatic carbocycles. The van der Waals surface area contributed by atoms with Gasteiger partial charge in [-0.15, -0.1) is 10.2 Å². The molecule has 1 aromatic heterocycles. The summed E-state index contributed by atoms with van der Waals surface area (Å²) in [5.74, 6) is 2.36. The normalized spacial score (nSPS) is 20.7. The summed E-state index contributed by atoms with van der Waals surface area (Å²) < 4.78 is 27.6. The third-order valence-corrected chi connectivity index (χ3v) is 4.09. The van der Waals surface area contributed by atoms with E-state index in [-0.39, 0.29) is 0 Å². The number of ether oxygens (including phenoxy) is 4. The molecule has 7 nitrogen and oxygen atoms in total. The molecular weight excluding hydrogens is 300 g/mol. The fraction of sp³-hybridized carbons (Fsp3) is 0.500. The Balaban J connectivity index is 1.88. The van der Waals surface area contributed by atoms with Crippen molar-refractivity contribution in [2.75, 3.05) is 34.5 Å². The molecular formula is C16H20N2O5. The molecule has 0 N–H and O–H groups in total. The molecule has 1 unspecified atom stereocenters. The SMILES string of the molecule is COc1cccc(OC)c1Cc1nnc(C2(OC)CCOC2)o1. The van der Waals surface area contributed by atoms with Gasteiger partial charge < -0.3 is 23.4 Å². The highest BCUT2D eigenvalue weighted by atomic mass is 16.6. The molecule has 0 radical (unpaired) electrons. The van der Waals surface area contributed by atoms with Crippen LogP contribution in [0.15, 0.2) is 22.6 Å². The Hall–Kier alpha value is -2.12. The van der Waals surface area contributed by atoms with Gasteiger partial charge in [0, 0.05) is 19.1 Å². The summed E-state index contributed by atoms with van der Waals surface area (Å²) in [6.45, 7) is 1.04. The Bertz CT molecular complexity index is 642. The van der Waals surface area contributed by atoms with Crippen molar-refractivity contribution in [2.45, 2.75) is 18.4 Å². The van der Waals surface area contributed by atoms with Crippen LogP contribution in [0.1, 0.15) is 23.8 Å². The predicted octanol–water partition coefficient (Wildman–Crippen LogP) is 1.94. The van der Waals surface area contributed by atoms with Gasteiger partial charge in [0.1, 0.15) is 11.5 Å². The number of hydrogen-bond acceptors (Lipinski definition) is 7. The zero-order valence-electron chi connectivity index (χ0n) is 13.5. The van der Waals surface area contributed by atoms with Gasteiger partial charge in [0.25, 0.3) is 5.89 Å². The minimum Gasteiger partial charge on any atom is -0.496 e. The van der Waals surface area contributed by atoms with E-state index < -0.39 is 5.60 Å². The maximum atomic E-state index is 5.83. The minimum absolute atomic E-state index is 0.417. The summed E-state index contributed by atoms with van der Waals surface area (Å²) >= 11 is 0. The van der Waals surface area contributed by atoms with Crippen molar-refractivity contribution in [1.29, 1.82) is 0 Å². The Morgan fingerprint density at radius 1 is 1.13 bits per heavy atom. The van der Waals surface area contributed by atoms with Crippen LogP contribution in [0.2, 0.25) is 0 Å². The van der Waals surface area contributed by atoms with Crippen LogP contribution in [-0.2, 0) is 21.5 Å². The standard InChI is InChI=1S/C16H20N2O5/c1-19-12-5-4-6-13(20-2)11(12)9-14-17-18-15(23-14)16(21-3)7-8-22-10-16/h4-6H,7-10H2,1-3H3. The molecule has 1 fully saturated rings. The van der Waals surface area contributed by atoms with E-state index in [1.807, 2.05) is 18.2 Å². The van der Waals surface area contributed by atoms with E-state index in [0.29, 0.717) is 37.8 Å². The molecule has 0 amide bonds. The number of rotatable bonds is 6. The van der Waals surface area contributed by atoms with Crippen molar-refractivity contribution >= 4 is 0 Å². The molecule has 2 aromatic rings. The molecule has 3 rings (SSSR count). The van der Waals surface area contributed by atoms with Crippen LogP contribution in [0.25, 0.3) is 0 Å². The summed E-state index contributed by atoms with van der Waals surface area (Å²) in [7, 11) is 4.86. The summed E-state index contributed by atoms with van der Waals surface area (Å²) in [6.07, 6.45) is 1.12. The first-order valence-corrected chi connectivity index (χ1v) is 7.38. The molecule has 0 saturated carbocycles. The molecule has 0 bridgehead atoms. The van der Waals surface area contributed by atoms with E-state index in [2.05, 4.69) is 10.2 Å². The molecule has 1 aliphatic heterocycles. The van der Waals surface area contributed by atoms with Crippen LogP contribution in [0.3, 0.4) is 0 Å². The number of benzene rings is 1. The Labute approximate surface area is 134 Å². The summed E-state index contributed by atoms with van der Waals surface area (Å²) in [6, 6.07) is 5.61. The number of methoxy groups -OCH3 is 3. The fourth-order valence-electron chi connectivity index (χ4n) is 2.73. The van der Waals surface area contributed by atoms with Crippen molar-refractivity contribution in [1.82, 2.24) is 10.2 Å². The zero-order chi connectivity index (χ0) is 16.3. The predicted molar refractivity (Wildman–Crippen MR) is 80.8 cm³/mol. The maximum Gasteiger partial charge on any atom is 0.250 e. The molecule has 0 spiro atoms. The smallest absolute Gasteiger partial charge is 0.250 e. The largest absolute Gasteiger partial charge is 0.496 e. The number of hydrogen-bond donors (Lipinski definition) is 0. The van der Waals surface area contributed by atoms with Crippen molar-refractivity contribution in [3.8, 4) is 11.5 Å². The Morgan fingerprint density at radius 3 is 2.43 bits per heavy atom. The van der Waals surface area contributed by atoms with E-state index in [4.69, 9.17) is 23.4 Å². The van der Waals surface area contributed by atoms with Crippen LogP contribution in [-0.4, -0.2) is 44.7 Å². The molecule has 7 heteroatoms. The van der Waals surface area contributed by atoms with Crippen LogP contribution in [0.5, 0.6) is 11.5 Å². The Kier molecular flexibility index (Phi) is 4.49. The lowest BCUT2D eigenvalue weighted by Crippen LogP contribution is -2.29. The van der Waals surface area contributed by atoms with Crippen LogP contribution in [0, 0.1) is 0 Å². The Morgan fingerprint density at radius 2 is 1.87 bits per heavy atom. The number of aromatic nitrogens is 2. The number of nitrogens with zero attached hydrogens (tertiary/aromatic N) is 2. The van der Waals surface area contributed by atoms with Gasteiger partial charge >= 0.3 is 0 Å². The molecule has 1 saturated heterocycles. The fourth-order valence-corrected chi connectivity index (χ4v) is 2.73. The second-order valence-electron chi connectivity index (χ2n) is 5.32. The minimum atomic E-state index is -0.643. The summed E-state index contributed by atoms with van der Waals surface area (Å²) in [5, 5.41) is 8.28. The van der Waals surface area contributed by atoms with E-state index in [1.54, 1.807) is 21.3 Å². The van der Waals surface area contributed by atoms with Gasteiger partial charge in [0.2, 0.25) is 5.89 Å². The topological polar surface area (TPSA) is 75.8 Å². The average molecular weight is 320 g/mol. The van der Waals surface area contributed by atoms with Crippen molar-refractivity contribution < 1.29 is 23.4 Å². The van der Waals surface area contributed by atoms with Gasteiger partial charge in [-0.2, -0.15) is 0 Å². The average Bonchev–Trinajstić information content (AvgIpc) is 3.24. The second kappa shape index (κ2) is 6.55. The van der Waals surface area contributed by atoms with Crippen molar-refractivity contribution in [3.63, 3.8) is 0 Å². The third-order valence-electron chi connectivity index (χ3n) is 4.09. The summed E-state index contributed by atoms with van der Waals surface area (Å²) in [4.78, 5) is 0. The third kappa shape index (κ3) is 2.89. The quantitative estimate of drug-likeness (QED) is 0.805. The van der Waals surface area contributed by atoms with E-state index >= 15 is 0 Å². The second-order valence-corrected chi connectivity index (χ2v) is 5.32. The molecule has 1 atom stereocenters. The lowest BCUT2D eigenvalue weighted by Gasteiger charge is -2.20. The van der Waals surface area contributed by atoms with Gasteiger partial charge in [-0.1, -0.05) is 6.07 Å². The molecule has 124 valence electrons. The lowest BCUT2D eigenvalue weighted by atomic mass is 10.0. The highest BCUT2D eigenvalue weighted by molar-refractivity contribution is 5.46. The van der Waals surface area contributed by atoms with Crippen molar-refractivity contribution in [2.24, 2.45) is 0 Å². The van der Waals surface area contributed by atoms with Gasteiger partial charge in [-0.3, -0.25) is 0 Å². The van der Waals surface area contributed by atoms with Crippen LogP contribution >= 0.6 is 0 Å². The molecule has 1 aliphatic rings. The van der Waals surface area contributed by atoms with E-state index in [9.17, 15) is 0 Å². The van der Waals surface area contributed by atoms with E-state index in [1.165, 1.54) is 0 Å². The van der Waals surface area contributed by atoms with Crippen LogP contribution in [0.4, 0.5) is 0 Å². The van der Waals surface area contributed by atoms with Gasteiger partial charge in [0.15, 0.2) is 5.60 Å². The van der Waals surface area contributed by atoms with Gasteiger partial charge in [-0.05, 0) is 12.1 Å². The molecule has 1 aromatic carbocycles. The molecule has 23 heavy (non-hydrogen) atoms. The monoisotopic (exact) mass is 320 g/mol. The zero-order valence-corrected chi connectivity index (χ0v) is 13.5. The lowest BCUT2D eigenvalue weighted by molar-refractivity contribution is -0.0416. The highest BCUT2D eigenvalue weighted by Crippen LogP contribution is 2.34. The highest BCUT2D eigenvalue weighted by Gasteiger charge is 2.42. The van der Waals surface area contributed by atoms with Gasteiger partial charge in [-0.25, -0.2) is 0 Å². The molecule has 2 heterocycles. The first kappa shape index (κ1) is 15.8. The first-order chi connectivity index (χ1) is 11.2. The van der Waals surface area contributed by atoms with Crippen molar-refractivity contribution in [3.05, 3.63) is 35.5 Å². The first-order valence-electron chi connectivity index (χ1n) is 7.38. The maximum absolute atomic E-state index is 5.83. The summed E-state index contributed by atoms with van der Waals surface area (Å²) in [5.41, 5.74) is 0.220. The van der Waals surface area contributed by atoms with E-state index in [0.717, 1.165) is 17.1 Å². The van der Waals surface area contributed by atoms with Gasteiger partial charge in [0.05, 0.1) is 33.9 Å².